The maximum Gasteiger partial charge on any atom is 0.326 e. The van der Waals surface area contributed by atoms with Crippen LogP contribution in [-0.4, -0.2) is 68.8 Å². The number of aromatic nitrogens is 2. The van der Waals surface area contributed by atoms with Crippen LogP contribution in [0.4, 0.5) is 0 Å². The highest BCUT2D eigenvalue weighted by molar-refractivity contribution is 5.94. The topological polar surface area (TPSA) is 222 Å². The summed E-state index contributed by atoms with van der Waals surface area (Å²) in [5.41, 5.74) is 12.3. The van der Waals surface area contributed by atoms with E-state index < -0.39 is 53.8 Å². The van der Waals surface area contributed by atoms with Crippen LogP contribution < -0.4 is 27.4 Å². The Kier molecular flexibility index (Phi) is 12.1. The number of nitrogens with one attached hydrogen (secondary N) is 4. The van der Waals surface area contributed by atoms with E-state index in [0.29, 0.717) is 12.1 Å². The van der Waals surface area contributed by atoms with E-state index in [2.05, 4.69) is 25.9 Å². The number of hydrogen-bond acceptors (Lipinski definition) is 7. The number of nitrogens with two attached hydrogens (primary N) is 2. The van der Waals surface area contributed by atoms with Crippen LogP contribution in [0.5, 0.6) is 0 Å². The molecular weight excluding hydrogens is 506 g/mol. The summed E-state index contributed by atoms with van der Waals surface area (Å²) in [6.45, 7) is 3.51. The van der Waals surface area contributed by atoms with Crippen molar-refractivity contribution < 1.29 is 29.1 Å². The first-order chi connectivity index (χ1) is 18.5. The van der Waals surface area contributed by atoms with Crippen LogP contribution >= 0.6 is 0 Å². The van der Waals surface area contributed by atoms with Crippen LogP contribution in [0.1, 0.15) is 44.4 Å². The number of carbonyl (C=O) groups excluding carboxylic acids is 4. The number of carboxylic acid groups (broad SMARTS) is 1. The van der Waals surface area contributed by atoms with Crippen LogP contribution in [0.2, 0.25) is 0 Å². The van der Waals surface area contributed by atoms with Gasteiger partial charge < -0.3 is 37.5 Å². The molecule has 0 aliphatic rings. The van der Waals surface area contributed by atoms with Gasteiger partial charge in [-0.15, -0.1) is 0 Å². The van der Waals surface area contributed by atoms with Crippen molar-refractivity contribution in [1.29, 1.82) is 0 Å². The number of amides is 4. The number of aliphatic carboxylic acids is 1. The van der Waals surface area contributed by atoms with E-state index in [4.69, 9.17) is 11.5 Å². The second-order valence-electron chi connectivity index (χ2n) is 9.41. The highest BCUT2D eigenvalue weighted by Crippen LogP contribution is 2.10. The molecule has 0 aliphatic heterocycles. The van der Waals surface area contributed by atoms with Gasteiger partial charge in [0.1, 0.15) is 18.1 Å². The minimum atomic E-state index is -1.19. The van der Waals surface area contributed by atoms with Gasteiger partial charge in [-0.25, -0.2) is 9.78 Å². The summed E-state index contributed by atoms with van der Waals surface area (Å²) < 4.78 is 0. The lowest BCUT2D eigenvalue weighted by molar-refractivity contribution is -0.143. The van der Waals surface area contributed by atoms with Gasteiger partial charge in [-0.3, -0.25) is 19.2 Å². The van der Waals surface area contributed by atoms with Gasteiger partial charge in [0.05, 0.1) is 12.4 Å². The Morgan fingerprint density at radius 2 is 1.59 bits per heavy atom. The summed E-state index contributed by atoms with van der Waals surface area (Å²) in [6, 6.07) is 4.36. The van der Waals surface area contributed by atoms with Gasteiger partial charge >= 0.3 is 5.97 Å². The fourth-order valence-corrected chi connectivity index (χ4v) is 3.80. The summed E-state index contributed by atoms with van der Waals surface area (Å²) >= 11 is 0. The third-order valence-corrected chi connectivity index (χ3v) is 6.34. The van der Waals surface area contributed by atoms with Gasteiger partial charge in [0.25, 0.3) is 0 Å². The van der Waals surface area contributed by atoms with Crippen LogP contribution in [0.3, 0.4) is 0 Å². The minimum absolute atomic E-state index is 0.00210. The van der Waals surface area contributed by atoms with E-state index in [0.717, 1.165) is 5.56 Å². The molecule has 0 fully saturated rings. The molecule has 4 amide bonds. The molecule has 39 heavy (non-hydrogen) atoms. The Balaban J connectivity index is 2.27. The molecule has 0 saturated carbocycles. The van der Waals surface area contributed by atoms with Gasteiger partial charge in [-0.2, -0.15) is 0 Å². The average molecular weight is 544 g/mol. The lowest BCUT2D eigenvalue weighted by Gasteiger charge is -2.26. The molecule has 2 rings (SSSR count). The summed E-state index contributed by atoms with van der Waals surface area (Å²) in [7, 11) is 0. The van der Waals surface area contributed by atoms with E-state index in [-0.39, 0.29) is 31.6 Å². The normalized spacial score (nSPS) is 14.7. The maximum atomic E-state index is 13.5. The maximum absolute atomic E-state index is 13.5. The summed E-state index contributed by atoms with van der Waals surface area (Å²) in [6.07, 6.45) is 3.39. The first-order valence-corrected chi connectivity index (χ1v) is 12.7. The van der Waals surface area contributed by atoms with Crippen molar-refractivity contribution in [2.45, 2.75) is 70.1 Å². The summed E-state index contributed by atoms with van der Waals surface area (Å²) in [4.78, 5) is 69.1. The predicted octanol–water partition coefficient (Wildman–Crippen LogP) is -0.627. The Bertz CT molecular complexity index is 1110. The smallest absolute Gasteiger partial charge is 0.326 e. The molecule has 0 aliphatic carbocycles. The number of carbonyl (C=O) groups is 5. The monoisotopic (exact) mass is 543 g/mol. The minimum Gasteiger partial charge on any atom is -0.480 e. The van der Waals surface area contributed by atoms with Crippen molar-refractivity contribution in [3.8, 4) is 0 Å². The highest BCUT2D eigenvalue weighted by Gasteiger charge is 2.32. The average Bonchev–Trinajstić information content (AvgIpc) is 3.42. The number of nitrogens with zero attached hydrogens (tertiary/aromatic N) is 1. The molecular formula is C26H37N7O6. The molecule has 0 bridgehead atoms. The Morgan fingerprint density at radius 3 is 2.15 bits per heavy atom. The highest BCUT2D eigenvalue weighted by atomic mass is 16.4. The van der Waals surface area contributed by atoms with E-state index >= 15 is 0 Å². The van der Waals surface area contributed by atoms with Crippen molar-refractivity contribution in [3.63, 3.8) is 0 Å². The van der Waals surface area contributed by atoms with Crippen molar-refractivity contribution in [2.24, 2.45) is 17.4 Å². The molecule has 212 valence electrons. The molecule has 1 aromatic carbocycles. The van der Waals surface area contributed by atoms with Gasteiger partial charge in [0, 0.05) is 31.2 Å². The number of rotatable bonds is 16. The molecule has 5 atom stereocenters. The lowest BCUT2D eigenvalue weighted by atomic mass is 9.98. The fourth-order valence-electron chi connectivity index (χ4n) is 3.80. The van der Waals surface area contributed by atoms with Crippen molar-refractivity contribution in [2.75, 3.05) is 0 Å². The SMILES string of the molecule is CCC(C)C(NC(=O)C(Cc1cnc[nH]1)NC(=O)C(Cc1ccccc1)NC(=O)C(N)CCC(N)=O)C(=O)O. The van der Waals surface area contributed by atoms with Gasteiger partial charge in [-0.05, 0) is 17.9 Å². The second kappa shape index (κ2) is 15.2. The van der Waals surface area contributed by atoms with Gasteiger partial charge in [0.15, 0.2) is 0 Å². The molecule has 2 aromatic rings. The van der Waals surface area contributed by atoms with E-state index in [9.17, 15) is 29.1 Å². The number of primary amides is 1. The number of carboxylic acids is 1. The number of benzene rings is 1. The largest absolute Gasteiger partial charge is 0.480 e. The zero-order valence-electron chi connectivity index (χ0n) is 22.1. The van der Waals surface area contributed by atoms with Crippen LogP contribution in [0, 0.1) is 5.92 Å². The number of hydrogen-bond donors (Lipinski definition) is 7. The number of imidazole rings is 1. The predicted molar refractivity (Wildman–Crippen MR) is 142 cm³/mol. The number of aromatic amines is 1. The first kappa shape index (κ1) is 31.0. The molecule has 0 spiro atoms. The van der Waals surface area contributed by atoms with Gasteiger partial charge in [0.2, 0.25) is 23.6 Å². The molecule has 0 saturated heterocycles. The molecule has 1 heterocycles. The zero-order valence-corrected chi connectivity index (χ0v) is 22.1. The number of H-pyrrole nitrogens is 1. The lowest BCUT2D eigenvalue weighted by Crippen LogP contribution is -2.58. The Morgan fingerprint density at radius 1 is 0.974 bits per heavy atom. The van der Waals surface area contributed by atoms with Crippen LogP contribution in [0.25, 0.3) is 0 Å². The first-order valence-electron chi connectivity index (χ1n) is 12.7. The fraction of sp³-hybridized carbons (Fsp3) is 0.462. The summed E-state index contributed by atoms with van der Waals surface area (Å²) in [5.74, 6) is -4.20. The second-order valence-corrected chi connectivity index (χ2v) is 9.41. The molecule has 1 aromatic heterocycles. The quantitative estimate of drug-likeness (QED) is 0.144. The molecule has 9 N–H and O–H groups in total. The van der Waals surface area contributed by atoms with Crippen molar-refractivity contribution >= 4 is 29.6 Å². The van der Waals surface area contributed by atoms with Crippen molar-refractivity contribution in [3.05, 3.63) is 54.1 Å². The van der Waals surface area contributed by atoms with E-state index in [1.165, 1.54) is 12.5 Å². The summed E-state index contributed by atoms with van der Waals surface area (Å²) in [5, 5.41) is 17.4. The van der Waals surface area contributed by atoms with E-state index in [1.807, 2.05) is 6.92 Å². The molecule has 5 unspecified atom stereocenters. The molecule has 0 radical (unpaired) electrons. The Labute approximate surface area is 226 Å². The van der Waals surface area contributed by atoms with Crippen molar-refractivity contribution in [1.82, 2.24) is 25.9 Å². The third-order valence-electron chi connectivity index (χ3n) is 6.34. The van der Waals surface area contributed by atoms with Gasteiger partial charge in [-0.1, -0.05) is 50.6 Å². The van der Waals surface area contributed by atoms with Crippen LogP contribution in [0.15, 0.2) is 42.9 Å². The third kappa shape index (κ3) is 10.2. The standard InChI is InChI=1S/C26H37N7O6/c1-3-15(2)22(26(38)39)33-25(37)20(12-17-13-29-14-30-17)32-24(36)19(11-16-7-5-4-6-8-16)31-23(35)18(27)9-10-21(28)34/h4-8,13-15,18-20,22H,3,9-12,27H2,1-2H3,(H2,28,34)(H,29,30)(H,31,35)(H,32,36)(H,33,37)(H,38,39). The Hall–Kier alpha value is -4.26. The van der Waals surface area contributed by atoms with E-state index in [1.54, 1.807) is 37.3 Å². The molecule has 13 heteroatoms. The molecule has 13 nitrogen and oxygen atoms in total. The van der Waals surface area contributed by atoms with Crippen LogP contribution in [-0.2, 0) is 36.8 Å². The zero-order chi connectivity index (χ0) is 28.9.